The molecule has 27 heavy (non-hydrogen) atoms. The van der Waals surface area contributed by atoms with Crippen LogP contribution in [0.4, 0.5) is 10.2 Å². The summed E-state index contributed by atoms with van der Waals surface area (Å²) in [7, 11) is 3.19. The van der Waals surface area contributed by atoms with Crippen molar-refractivity contribution in [1.29, 1.82) is 0 Å². The lowest BCUT2D eigenvalue weighted by Crippen LogP contribution is -2.11. The summed E-state index contributed by atoms with van der Waals surface area (Å²) in [6.45, 7) is 0. The second-order valence-corrected chi connectivity index (χ2v) is 5.86. The number of anilines is 1. The fourth-order valence-corrected chi connectivity index (χ4v) is 2.79. The number of carbonyl (C=O) groups is 1. The normalized spacial score (nSPS) is 10.9. The fraction of sp³-hybridized carbons (Fsp3) is 0.111. The van der Waals surface area contributed by atoms with Crippen LogP contribution >= 0.6 is 0 Å². The number of fused-ring (bicyclic) bond motifs is 1. The topological polar surface area (TPSA) is 97.7 Å². The van der Waals surface area contributed by atoms with Crippen molar-refractivity contribution in [2.45, 2.75) is 0 Å². The van der Waals surface area contributed by atoms with Gasteiger partial charge in [-0.3, -0.25) is 19.6 Å². The summed E-state index contributed by atoms with van der Waals surface area (Å²) in [6.07, 6.45) is 4.59. The molecular formula is C18H15FN6O2. The van der Waals surface area contributed by atoms with Crippen LogP contribution < -0.4 is 10.1 Å². The molecule has 3 aromatic heterocycles. The van der Waals surface area contributed by atoms with Gasteiger partial charge in [-0.15, -0.1) is 0 Å². The van der Waals surface area contributed by atoms with Gasteiger partial charge in [-0.2, -0.15) is 10.2 Å². The minimum absolute atomic E-state index is 0.243. The van der Waals surface area contributed by atoms with Gasteiger partial charge < -0.3 is 10.1 Å². The predicted octanol–water partition coefficient (Wildman–Crippen LogP) is 2.76. The fourth-order valence-electron chi connectivity index (χ4n) is 2.79. The SMILES string of the molecule is COc1cccc(F)c1-c1cc2c(NC(=O)c3cnn(C)c3)n[nH]c2cn1. The zero-order valence-electron chi connectivity index (χ0n) is 14.5. The van der Waals surface area contributed by atoms with Crippen molar-refractivity contribution in [1.82, 2.24) is 25.0 Å². The van der Waals surface area contributed by atoms with Crippen molar-refractivity contribution in [3.63, 3.8) is 0 Å². The second kappa shape index (κ2) is 6.52. The van der Waals surface area contributed by atoms with Gasteiger partial charge in [0.1, 0.15) is 11.6 Å². The molecule has 0 radical (unpaired) electrons. The van der Waals surface area contributed by atoms with E-state index >= 15 is 0 Å². The lowest BCUT2D eigenvalue weighted by atomic mass is 10.1. The molecule has 3 heterocycles. The number of ether oxygens (including phenoxy) is 1. The van der Waals surface area contributed by atoms with Crippen LogP contribution in [0.2, 0.25) is 0 Å². The molecule has 2 N–H and O–H groups in total. The van der Waals surface area contributed by atoms with Gasteiger partial charge in [0.25, 0.3) is 5.91 Å². The van der Waals surface area contributed by atoms with Crippen LogP contribution in [0.25, 0.3) is 22.2 Å². The Hall–Kier alpha value is -3.75. The molecule has 4 aromatic rings. The molecule has 1 aromatic carbocycles. The van der Waals surface area contributed by atoms with E-state index in [-0.39, 0.29) is 11.5 Å². The number of carbonyl (C=O) groups excluding carboxylic acids is 1. The van der Waals surface area contributed by atoms with E-state index in [4.69, 9.17) is 4.74 Å². The number of halogens is 1. The molecular weight excluding hydrogens is 351 g/mol. The van der Waals surface area contributed by atoms with Crippen molar-refractivity contribution in [2.75, 3.05) is 12.4 Å². The molecule has 0 atom stereocenters. The monoisotopic (exact) mass is 366 g/mol. The summed E-state index contributed by atoms with van der Waals surface area (Å²) in [5.74, 6) is -0.118. The predicted molar refractivity (Wildman–Crippen MR) is 97.0 cm³/mol. The number of aromatic amines is 1. The maximum atomic E-state index is 14.4. The molecule has 0 bridgehead atoms. The van der Waals surface area contributed by atoms with E-state index in [0.717, 1.165) is 0 Å². The number of amides is 1. The largest absolute Gasteiger partial charge is 0.496 e. The summed E-state index contributed by atoms with van der Waals surface area (Å²) >= 11 is 0. The van der Waals surface area contributed by atoms with Crippen molar-refractivity contribution in [3.05, 3.63) is 54.2 Å². The molecule has 0 aliphatic carbocycles. The van der Waals surface area contributed by atoms with Crippen LogP contribution in [-0.2, 0) is 7.05 Å². The van der Waals surface area contributed by atoms with E-state index in [1.165, 1.54) is 30.3 Å². The maximum absolute atomic E-state index is 14.4. The Morgan fingerprint density at radius 1 is 1.33 bits per heavy atom. The first-order valence-electron chi connectivity index (χ1n) is 8.04. The number of hydrogen-bond acceptors (Lipinski definition) is 5. The quantitative estimate of drug-likeness (QED) is 0.579. The molecule has 0 saturated heterocycles. The van der Waals surface area contributed by atoms with Gasteiger partial charge in [0.15, 0.2) is 5.82 Å². The van der Waals surface area contributed by atoms with Crippen molar-refractivity contribution >= 4 is 22.6 Å². The van der Waals surface area contributed by atoms with Crippen LogP contribution in [0, 0.1) is 5.82 Å². The zero-order chi connectivity index (χ0) is 19.0. The number of aryl methyl sites for hydroxylation is 1. The molecule has 1 amide bonds. The minimum Gasteiger partial charge on any atom is -0.496 e. The number of rotatable bonds is 4. The Morgan fingerprint density at radius 2 is 2.19 bits per heavy atom. The molecule has 0 saturated carbocycles. The smallest absolute Gasteiger partial charge is 0.260 e. The van der Waals surface area contributed by atoms with Crippen LogP contribution in [-0.4, -0.2) is 38.0 Å². The molecule has 0 aliphatic rings. The van der Waals surface area contributed by atoms with E-state index in [1.54, 1.807) is 31.4 Å². The zero-order valence-corrected chi connectivity index (χ0v) is 14.5. The Morgan fingerprint density at radius 3 is 2.93 bits per heavy atom. The van der Waals surface area contributed by atoms with Crippen LogP contribution in [0.1, 0.15) is 10.4 Å². The number of H-pyrrole nitrogens is 1. The van der Waals surface area contributed by atoms with Gasteiger partial charge in [0, 0.05) is 18.6 Å². The van der Waals surface area contributed by atoms with Gasteiger partial charge in [0.2, 0.25) is 0 Å². The molecule has 0 fully saturated rings. The molecule has 8 nitrogen and oxygen atoms in total. The first-order valence-corrected chi connectivity index (χ1v) is 8.04. The van der Waals surface area contributed by atoms with E-state index < -0.39 is 5.82 Å². The summed E-state index contributed by atoms with van der Waals surface area (Å²) in [6, 6.07) is 6.21. The number of nitrogens with zero attached hydrogens (tertiary/aromatic N) is 4. The number of aromatic nitrogens is 5. The lowest BCUT2D eigenvalue weighted by molar-refractivity contribution is 0.102. The lowest BCUT2D eigenvalue weighted by Gasteiger charge is -2.09. The van der Waals surface area contributed by atoms with Crippen LogP contribution in [0.3, 0.4) is 0 Å². The Bertz CT molecular complexity index is 1150. The number of nitrogens with one attached hydrogen (secondary N) is 2. The van der Waals surface area contributed by atoms with E-state index in [2.05, 4.69) is 25.6 Å². The molecule has 0 aliphatic heterocycles. The Labute approximate surface area is 153 Å². The van der Waals surface area contributed by atoms with Crippen molar-refractivity contribution < 1.29 is 13.9 Å². The Kier molecular flexibility index (Phi) is 4.03. The summed E-state index contributed by atoms with van der Waals surface area (Å²) in [5, 5.41) is 14.2. The van der Waals surface area contributed by atoms with Gasteiger partial charge in [-0.1, -0.05) is 6.07 Å². The van der Waals surface area contributed by atoms with Gasteiger partial charge >= 0.3 is 0 Å². The Balaban J connectivity index is 1.75. The number of benzene rings is 1. The summed E-state index contributed by atoms with van der Waals surface area (Å²) < 4.78 is 21.1. The summed E-state index contributed by atoms with van der Waals surface area (Å²) in [5.41, 5.74) is 1.62. The van der Waals surface area contributed by atoms with Gasteiger partial charge in [-0.05, 0) is 18.2 Å². The first-order chi connectivity index (χ1) is 13.1. The third kappa shape index (κ3) is 2.99. The molecule has 0 unspecified atom stereocenters. The molecule has 0 spiro atoms. The van der Waals surface area contributed by atoms with E-state index in [1.807, 2.05) is 0 Å². The third-order valence-corrected chi connectivity index (χ3v) is 4.10. The van der Waals surface area contributed by atoms with Crippen molar-refractivity contribution in [2.24, 2.45) is 7.05 Å². The first kappa shape index (κ1) is 16.7. The number of methoxy groups -OCH3 is 1. The highest BCUT2D eigenvalue weighted by Crippen LogP contribution is 2.33. The van der Waals surface area contributed by atoms with E-state index in [0.29, 0.717) is 33.7 Å². The average molecular weight is 366 g/mol. The molecule has 9 heteroatoms. The molecule has 136 valence electrons. The standard InChI is InChI=1S/C18H15FN6O2/c1-25-9-10(7-21-25)18(26)22-17-11-6-13(20-8-14(11)23-24-17)16-12(19)4-3-5-15(16)27-2/h3-9H,1-2H3,(H2,22,23,24,26). The third-order valence-electron chi connectivity index (χ3n) is 4.10. The van der Waals surface area contributed by atoms with Crippen LogP contribution in [0.15, 0.2) is 42.9 Å². The highest BCUT2D eigenvalue weighted by molar-refractivity contribution is 6.07. The minimum atomic E-state index is -0.453. The highest BCUT2D eigenvalue weighted by Gasteiger charge is 2.17. The van der Waals surface area contributed by atoms with Crippen LogP contribution in [0.5, 0.6) is 5.75 Å². The number of hydrogen-bond donors (Lipinski definition) is 2. The summed E-state index contributed by atoms with van der Waals surface area (Å²) in [4.78, 5) is 16.6. The molecule has 4 rings (SSSR count). The van der Waals surface area contributed by atoms with E-state index in [9.17, 15) is 9.18 Å². The maximum Gasteiger partial charge on any atom is 0.260 e. The second-order valence-electron chi connectivity index (χ2n) is 5.86. The highest BCUT2D eigenvalue weighted by atomic mass is 19.1. The number of pyridine rings is 1. The average Bonchev–Trinajstić information content (AvgIpc) is 3.27. The van der Waals surface area contributed by atoms with Gasteiger partial charge in [0.05, 0.1) is 41.8 Å². The van der Waals surface area contributed by atoms with Crippen molar-refractivity contribution in [3.8, 4) is 17.0 Å². The van der Waals surface area contributed by atoms with Gasteiger partial charge in [-0.25, -0.2) is 4.39 Å².